The molecule has 0 aromatic carbocycles. The smallest absolute Gasteiger partial charge is 0.407 e. The van der Waals surface area contributed by atoms with Gasteiger partial charge in [-0.25, -0.2) is 4.79 Å². The van der Waals surface area contributed by atoms with E-state index in [1.54, 1.807) is 4.90 Å². The average Bonchev–Trinajstić information content (AvgIpc) is 2.34. The molecule has 1 saturated heterocycles. The van der Waals surface area contributed by atoms with Crippen molar-refractivity contribution in [1.82, 2.24) is 10.2 Å². The summed E-state index contributed by atoms with van der Waals surface area (Å²) in [5.74, 6) is 0.0670. The van der Waals surface area contributed by atoms with Crippen molar-refractivity contribution >= 4 is 12.0 Å². The summed E-state index contributed by atoms with van der Waals surface area (Å²) in [5, 5.41) is 2.83. The molecule has 1 heterocycles. The van der Waals surface area contributed by atoms with Crippen molar-refractivity contribution in [3.8, 4) is 0 Å². The monoisotopic (exact) mass is 299 g/mol. The molecule has 0 spiro atoms. The van der Waals surface area contributed by atoms with Crippen LogP contribution in [0, 0.1) is 5.92 Å². The number of piperidine rings is 1. The molecule has 21 heavy (non-hydrogen) atoms. The van der Waals surface area contributed by atoms with E-state index in [0.717, 1.165) is 12.8 Å². The van der Waals surface area contributed by atoms with E-state index in [-0.39, 0.29) is 17.9 Å². The van der Waals surface area contributed by atoms with Crippen LogP contribution in [0.5, 0.6) is 0 Å². The lowest BCUT2D eigenvalue weighted by atomic mass is 10.0. The molecule has 2 atom stereocenters. The van der Waals surface area contributed by atoms with Gasteiger partial charge in [-0.3, -0.25) is 4.79 Å². The Kier molecular flexibility index (Phi) is 6.01. The molecule has 0 aromatic rings. The molecule has 0 radical (unpaired) electrons. The third-order valence-corrected chi connectivity index (χ3v) is 3.46. The van der Waals surface area contributed by atoms with E-state index in [4.69, 9.17) is 10.5 Å². The predicted molar refractivity (Wildman–Crippen MR) is 81.8 cm³/mol. The molecular formula is C15H29N3O3. The Bertz CT molecular complexity index is 377. The summed E-state index contributed by atoms with van der Waals surface area (Å²) in [7, 11) is 0. The summed E-state index contributed by atoms with van der Waals surface area (Å²) >= 11 is 0. The summed E-state index contributed by atoms with van der Waals surface area (Å²) in [6.45, 7) is 10.5. The highest BCUT2D eigenvalue weighted by Gasteiger charge is 2.29. The number of nitrogens with zero attached hydrogens (tertiary/aromatic N) is 1. The number of hydrogen-bond donors (Lipinski definition) is 2. The summed E-state index contributed by atoms with van der Waals surface area (Å²) in [4.78, 5) is 25.8. The highest BCUT2D eigenvalue weighted by atomic mass is 16.6. The fourth-order valence-corrected chi connectivity index (χ4v) is 2.27. The van der Waals surface area contributed by atoms with Crippen LogP contribution >= 0.6 is 0 Å². The first-order valence-corrected chi connectivity index (χ1v) is 7.64. The fraction of sp³-hybridized carbons (Fsp3) is 0.867. The topological polar surface area (TPSA) is 84.7 Å². The van der Waals surface area contributed by atoms with Crippen LogP contribution in [0.4, 0.5) is 4.79 Å². The Morgan fingerprint density at radius 3 is 2.48 bits per heavy atom. The number of alkyl carbamates (subject to hydrolysis) is 1. The van der Waals surface area contributed by atoms with Crippen molar-refractivity contribution in [3.63, 3.8) is 0 Å². The first-order valence-electron chi connectivity index (χ1n) is 7.64. The van der Waals surface area contributed by atoms with E-state index in [1.807, 2.05) is 34.6 Å². The minimum absolute atomic E-state index is 0.0410. The number of rotatable bonds is 3. The molecule has 1 aliphatic rings. The number of carbonyl (C=O) groups is 2. The van der Waals surface area contributed by atoms with Crippen molar-refractivity contribution in [1.29, 1.82) is 0 Å². The van der Waals surface area contributed by atoms with Crippen LogP contribution < -0.4 is 11.1 Å². The largest absolute Gasteiger partial charge is 0.444 e. The molecule has 122 valence electrons. The maximum atomic E-state index is 12.3. The minimum atomic E-state index is -0.520. The third kappa shape index (κ3) is 5.91. The normalized spacial score (nSPS) is 21.1. The van der Waals surface area contributed by atoms with Crippen LogP contribution in [-0.4, -0.2) is 47.7 Å². The highest BCUT2D eigenvalue weighted by molar-refractivity contribution is 5.82. The van der Waals surface area contributed by atoms with Crippen molar-refractivity contribution in [2.75, 3.05) is 13.1 Å². The van der Waals surface area contributed by atoms with Crippen LogP contribution in [0.15, 0.2) is 0 Å². The second-order valence-corrected chi connectivity index (χ2v) is 7.04. The van der Waals surface area contributed by atoms with Crippen LogP contribution in [-0.2, 0) is 9.53 Å². The number of nitrogens with two attached hydrogens (primary N) is 1. The van der Waals surface area contributed by atoms with Gasteiger partial charge in [0.15, 0.2) is 0 Å². The number of amides is 2. The van der Waals surface area contributed by atoms with Gasteiger partial charge in [-0.15, -0.1) is 0 Å². The average molecular weight is 299 g/mol. The zero-order valence-corrected chi connectivity index (χ0v) is 13.8. The van der Waals surface area contributed by atoms with Crippen LogP contribution in [0.25, 0.3) is 0 Å². The zero-order chi connectivity index (χ0) is 16.2. The SMILES string of the molecule is CC(C)[C@H](N)C(=O)N1CCC[C@@H](NC(=O)OC(C)(C)C)C1. The lowest BCUT2D eigenvalue weighted by Gasteiger charge is -2.35. The van der Waals surface area contributed by atoms with Crippen molar-refractivity contribution in [3.05, 3.63) is 0 Å². The minimum Gasteiger partial charge on any atom is -0.444 e. The van der Waals surface area contributed by atoms with E-state index in [1.165, 1.54) is 0 Å². The van der Waals surface area contributed by atoms with Crippen molar-refractivity contribution in [2.24, 2.45) is 11.7 Å². The second kappa shape index (κ2) is 7.11. The molecule has 1 rings (SSSR count). The van der Waals surface area contributed by atoms with Crippen molar-refractivity contribution in [2.45, 2.75) is 65.1 Å². The zero-order valence-electron chi connectivity index (χ0n) is 13.8. The van der Waals surface area contributed by atoms with Gasteiger partial charge in [0.25, 0.3) is 0 Å². The predicted octanol–water partition coefficient (Wildman–Crippen LogP) is 1.49. The summed E-state index contributed by atoms with van der Waals surface area (Å²) in [5.41, 5.74) is 5.40. The van der Waals surface area contributed by atoms with Crippen molar-refractivity contribution < 1.29 is 14.3 Å². The Balaban J connectivity index is 2.53. The quantitative estimate of drug-likeness (QED) is 0.827. The van der Waals surface area contributed by atoms with Gasteiger partial charge in [-0.1, -0.05) is 13.8 Å². The van der Waals surface area contributed by atoms with E-state index >= 15 is 0 Å². The molecule has 2 amide bonds. The Morgan fingerprint density at radius 2 is 1.95 bits per heavy atom. The third-order valence-electron chi connectivity index (χ3n) is 3.46. The van der Waals surface area contributed by atoms with E-state index in [9.17, 15) is 9.59 Å². The standard InChI is InChI=1S/C15H29N3O3/c1-10(2)12(16)13(19)18-8-6-7-11(9-18)17-14(20)21-15(3,4)5/h10-12H,6-9,16H2,1-5H3,(H,17,20)/t11-,12+/m1/s1. The molecule has 6 nitrogen and oxygen atoms in total. The lowest BCUT2D eigenvalue weighted by Crippen LogP contribution is -2.54. The van der Waals surface area contributed by atoms with Gasteiger partial charge >= 0.3 is 6.09 Å². The molecule has 0 aliphatic carbocycles. The Hall–Kier alpha value is -1.30. The molecule has 0 saturated carbocycles. The molecule has 0 aromatic heterocycles. The Morgan fingerprint density at radius 1 is 1.33 bits per heavy atom. The Labute approximate surface area is 127 Å². The van der Waals surface area contributed by atoms with Gasteiger partial charge in [-0.05, 0) is 39.5 Å². The molecule has 0 unspecified atom stereocenters. The maximum Gasteiger partial charge on any atom is 0.407 e. The van der Waals surface area contributed by atoms with Gasteiger partial charge in [-0.2, -0.15) is 0 Å². The molecule has 0 bridgehead atoms. The fourth-order valence-electron chi connectivity index (χ4n) is 2.27. The first-order chi connectivity index (χ1) is 9.60. The second-order valence-electron chi connectivity index (χ2n) is 7.04. The lowest BCUT2D eigenvalue weighted by molar-refractivity contribution is -0.134. The summed E-state index contributed by atoms with van der Waals surface area (Å²) in [6.07, 6.45) is 1.27. The first kappa shape index (κ1) is 17.8. The van der Waals surface area contributed by atoms with Crippen LogP contribution in [0.1, 0.15) is 47.5 Å². The summed E-state index contributed by atoms with van der Waals surface area (Å²) < 4.78 is 5.24. The van der Waals surface area contributed by atoms with Gasteiger partial charge in [0.1, 0.15) is 5.60 Å². The molecule has 1 fully saturated rings. The van der Waals surface area contributed by atoms with E-state index < -0.39 is 17.7 Å². The van der Waals surface area contributed by atoms with Gasteiger partial charge in [0, 0.05) is 19.1 Å². The van der Waals surface area contributed by atoms with E-state index in [2.05, 4.69) is 5.32 Å². The molecule has 3 N–H and O–H groups in total. The number of likely N-dealkylation sites (tertiary alicyclic amines) is 1. The highest BCUT2D eigenvalue weighted by Crippen LogP contribution is 2.14. The molecule has 6 heteroatoms. The summed E-state index contributed by atoms with van der Waals surface area (Å²) in [6, 6.07) is -0.554. The van der Waals surface area contributed by atoms with Crippen LogP contribution in [0.3, 0.4) is 0 Å². The maximum absolute atomic E-state index is 12.3. The molecular weight excluding hydrogens is 270 g/mol. The van der Waals surface area contributed by atoms with Gasteiger partial charge in [0.2, 0.25) is 5.91 Å². The van der Waals surface area contributed by atoms with E-state index in [0.29, 0.717) is 13.1 Å². The van der Waals surface area contributed by atoms with Gasteiger partial charge in [0.05, 0.1) is 6.04 Å². The van der Waals surface area contributed by atoms with Crippen LogP contribution in [0.2, 0.25) is 0 Å². The number of carbonyl (C=O) groups excluding carboxylic acids is 2. The number of ether oxygens (including phenoxy) is 1. The molecule has 1 aliphatic heterocycles. The number of hydrogen-bond acceptors (Lipinski definition) is 4. The number of nitrogens with one attached hydrogen (secondary N) is 1. The van der Waals surface area contributed by atoms with Gasteiger partial charge < -0.3 is 20.7 Å².